The van der Waals surface area contributed by atoms with Gasteiger partial charge in [0.25, 0.3) is 0 Å². The number of aromatic nitrogens is 2. The summed E-state index contributed by atoms with van der Waals surface area (Å²) in [5, 5.41) is 9.53. The van der Waals surface area contributed by atoms with Crippen molar-refractivity contribution in [2.75, 3.05) is 13.6 Å². The molecular weight excluding hydrogens is 446 g/mol. The predicted molar refractivity (Wildman–Crippen MR) is 101 cm³/mol. The van der Waals surface area contributed by atoms with Crippen LogP contribution in [-0.2, 0) is 12.7 Å². The molecule has 5 nitrogen and oxygen atoms in total. The molecular formula is C16H17F3IN5. The minimum atomic E-state index is -4.45. The molecule has 0 aliphatic carbocycles. The molecule has 0 saturated heterocycles. The highest BCUT2D eigenvalue weighted by molar-refractivity contribution is 14.0. The number of hydrogen-bond donors (Lipinski definition) is 2. The highest BCUT2D eigenvalue weighted by Gasteiger charge is 2.33. The summed E-state index contributed by atoms with van der Waals surface area (Å²) in [4.78, 5) is 4.01. The average Bonchev–Trinajstić information content (AvgIpc) is 3.06. The summed E-state index contributed by atoms with van der Waals surface area (Å²) in [5.41, 5.74) is 0.561. The maximum atomic E-state index is 12.6. The largest absolute Gasteiger partial charge is 0.435 e. The number of nitrogens with zero attached hydrogens (tertiary/aromatic N) is 3. The van der Waals surface area contributed by atoms with Crippen molar-refractivity contribution in [1.82, 2.24) is 20.4 Å². The maximum absolute atomic E-state index is 12.6. The van der Waals surface area contributed by atoms with Crippen LogP contribution in [-0.4, -0.2) is 29.3 Å². The van der Waals surface area contributed by atoms with E-state index in [0.717, 1.165) is 11.6 Å². The van der Waals surface area contributed by atoms with Gasteiger partial charge in [0.15, 0.2) is 11.7 Å². The number of benzene rings is 1. The van der Waals surface area contributed by atoms with E-state index in [0.29, 0.717) is 24.7 Å². The average molecular weight is 463 g/mol. The van der Waals surface area contributed by atoms with Gasteiger partial charge in [0.05, 0.1) is 12.2 Å². The topological polar surface area (TPSA) is 54.2 Å². The van der Waals surface area contributed by atoms with Crippen LogP contribution in [0, 0.1) is 12.3 Å². The molecule has 0 aliphatic heterocycles. The summed E-state index contributed by atoms with van der Waals surface area (Å²) in [6.45, 7) is 0.858. The Morgan fingerprint density at radius 3 is 2.44 bits per heavy atom. The zero-order valence-corrected chi connectivity index (χ0v) is 15.7. The molecule has 0 saturated carbocycles. The highest BCUT2D eigenvalue weighted by Crippen LogP contribution is 2.27. The molecule has 1 heterocycles. The van der Waals surface area contributed by atoms with Crippen molar-refractivity contribution in [1.29, 1.82) is 0 Å². The number of halogens is 4. The third-order valence-electron chi connectivity index (χ3n) is 3.12. The lowest BCUT2D eigenvalue weighted by Gasteiger charge is -2.10. The minimum absolute atomic E-state index is 0. The Bertz CT molecular complexity index is 744. The molecule has 2 rings (SSSR count). The molecule has 134 valence electrons. The molecule has 0 unspecified atom stereocenters. The maximum Gasteiger partial charge on any atom is 0.435 e. The number of aliphatic imine (C=N–C) groups is 1. The van der Waals surface area contributed by atoms with E-state index in [2.05, 4.69) is 26.6 Å². The fraction of sp³-hybridized carbons (Fsp3) is 0.250. The second-order valence-corrected chi connectivity index (χ2v) is 4.79. The molecule has 0 spiro atoms. The van der Waals surface area contributed by atoms with Crippen LogP contribution in [0.1, 0.15) is 11.3 Å². The fourth-order valence-corrected chi connectivity index (χ4v) is 1.93. The number of guanidine groups is 1. The van der Waals surface area contributed by atoms with E-state index in [1.165, 1.54) is 10.9 Å². The van der Waals surface area contributed by atoms with Crippen LogP contribution in [0.15, 0.2) is 41.5 Å². The molecule has 2 aromatic rings. The standard InChI is InChI=1S/C16H16F3N5.HI/c1-3-9-21-15(20-2)22-11-12-4-6-13(7-5-12)24-10-8-14(23-24)16(17,18)19;/h1,4-8,10H,9,11H2,2H3,(H2,20,21,22);1H. The van der Waals surface area contributed by atoms with E-state index in [4.69, 9.17) is 6.42 Å². The van der Waals surface area contributed by atoms with Gasteiger partial charge in [-0.1, -0.05) is 18.1 Å². The summed E-state index contributed by atoms with van der Waals surface area (Å²) in [6.07, 6.45) is 2.00. The van der Waals surface area contributed by atoms with E-state index >= 15 is 0 Å². The molecule has 2 N–H and O–H groups in total. The van der Waals surface area contributed by atoms with E-state index < -0.39 is 11.9 Å². The number of rotatable bonds is 4. The van der Waals surface area contributed by atoms with Crippen molar-refractivity contribution in [2.24, 2.45) is 4.99 Å². The first-order valence-corrected chi connectivity index (χ1v) is 7.04. The van der Waals surface area contributed by atoms with Crippen LogP contribution in [0.4, 0.5) is 13.2 Å². The van der Waals surface area contributed by atoms with Crippen LogP contribution in [0.2, 0.25) is 0 Å². The van der Waals surface area contributed by atoms with Gasteiger partial charge in [0, 0.05) is 19.8 Å². The first-order chi connectivity index (χ1) is 11.4. The van der Waals surface area contributed by atoms with Crippen LogP contribution in [0.5, 0.6) is 0 Å². The number of terminal acetylenes is 1. The van der Waals surface area contributed by atoms with Crippen molar-refractivity contribution in [3.05, 3.63) is 47.8 Å². The highest BCUT2D eigenvalue weighted by atomic mass is 127. The smallest absolute Gasteiger partial charge is 0.352 e. The van der Waals surface area contributed by atoms with Crippen molar-refractivity contribution in [2.45, 2.75) is 12.7 Å². The van der Waals surface area contributed by atoms with Gasteiger partial charge in [-0.3, -0.25) is 4.99 Å². The summed E-state index contributed by atoms with van der Waals surface area (Å²) in [6, 6.07) is 7.93. The van der Waals surface area contributed by atoms with Gasteiger partial charge in [0.1, 0.15) is 0 Å². The monoisotopic (exact) mass is 463 g/mol. The molecule has 9 heteroatoms. The number of nitrogens with one attached hydrogen (secondary N) is 2. The third kappa shape index (κ3) is 5.97. The minimum Gasteiger partial charge on any atom is -0.352 e. The zero-order chi connectivity index (χ0) is 17.6. The van der Waals surface area contributed by atoms with Gasteiger partial charge < -0.3 is 10.6 Å². The van der Waals surface area contributed by atoms with Crippen LogP contribution < -0.4 is 10.6 Å². The molecule has 0 aliphatic rings. The van der Waals surface area contributed by atoms with E-state index in [1.54, 1.807) is 31.3 Å². The summed E-state index contributed by atoms with van der Waals surface area (Å²) in [7, 11) is 1.63. The quantitative estimate of drug-likeness (QED) is 0.318. The van der Waals surface area contributed by atoms with Crippen LogP contribution in [0.3, 0.4) is 0 Å². The lowest BCUT2D eigenvalue weighted by molar-refractivity contribution is -0.141. The normalized spacial score (nSPS) is 11.4. The molecule has 1 aromatic heterocycles. The molecule has 25 heavy (non-hydrogen) atoms. The number of alkyl halides is 3. The second kappa shape index (κ2) is 9.31. The molecule has 0 radical (unpaired) electrons. The molecule has 0 bridgehead atoms. The van der Waals surface area contributed by atoms with E-state index in [9.17, 15) is 13.2 Å². The molecule has 0 amide bonds. The van der Waals surface area contributed by atoms with Crippen molar-refractivity contribution < 1.29 is 13.2 Å². The summed E-state index contributed by atoms with van der Waals surface area (Å²) in [5.74, 6) is 3.02. The van der Waals surface area contributed by atoms with Crippen molar-refractivity contribution >= 4 is 29.9 Å². The first-order valence-electron chi connectivity index (χ1n) is 7.04. The number of hydrogen-bond acceptors (Lipinski definition) is 2. The Balaban J connectivity index is 0.00000312. The Morgan fingerprint density at radius 2 is 1.92 bits per heavy atom. The fourth-order valence-electron chi connectivity index (χ4n) is 1.93. The second-order valence-electron chi connectivity index (χ2n) is 4.79. The van der Waals surface area contributed by atoms with Crippen molar-refractivity contribution in [3.8, 4) is 18.0 Å². The lowest BCUT2D eigenvalue weighted by Crippen LogP contribution is -2.36. The predicted octanol–water partition coefficient (Wildman–Crippen LogP) is 2.81. The Kier molecular flexibility index (Phi) is 7.76. The third-order valence-corrected chi connectivity index (χ3v) is 3.12. The van der Waals surface area contributed by atoms with Crippen LogP contribution in [0.25, 0.3) is 5.69 Å². The molecule has 0 atom stereocenters. The van der Waals surface area contributed by atoms with Gasteiger partial charge >= 0.3 is 6.18 Å². The van der Waals surface area contributed by atoms with Gasteiger partial charge in [-0.15, -0.1) is 30.4 Å². The van der Waals surface area contributed by atoms with E-state index in [-0.39, 0.29) is 24.0 Å². The van der Waals surface area contributed by atoms with Crippen LogP contribution >= 0.6 is 24.0 Å². The Labute approximate surface area is 160 Å². The Morgan fingerprint density at radius 1 is 1.24 bits per heavy atom. The van der Waals surface area contributed by atoms with Gasteiger partial charge in [-0.05, 0) is 23.8 Å². The summed E-state index contributed by atoms with van der Waals surface area (Å²) < 4.78 is 38.9. The molecule has 1 aromatic carbocycles. The Hall–Kier alpha value is -2.22. The van der Waals surface area contributed by atoms with Gasteiger partial charge in [-0.2, -0.15) is 18.3 Å². The zero-order valence-electron chi connectivity index (χ0n) is 13.3. The van der Waals surface area contributed by atoms with E-state index in [1.807, 2.05) is 0 Å². The lowest BCUT2D eigenvalue weighted by atomic mass is 10.2. The van der Waals surface area contributed by atoms with Crippen molar-refractivity contribution in [3.63, 3.8) is 0 Å². The summed E-state index contributed by atoms with van der Waals surface area (Å²) >= 11 is 0. The van der Waals surface area contributed by atoms with Gasteiger partial charge in [0.2, 0.25) is 0 Å². The SMILES string of the molecule is C#CCNC(=NC)NCc1ccc(-n2ccc(C(F)(F)F)n2)cc1.I. The first kappa shape index (κ1) is 20.8. The molecule has 0 fully saturated rings. The van der Waals surface area contributed by atoms with Gasteiger partial charge in [-0.25, -0.2) is 4.68 Å².